The van der Waals surface area contributed by atoms with E-state index in [1.165, 1.54) is 0 Å². The zero-order valence-electron chi connectivity index (χ0n) is 16.1. The van der Waals surface area contributed by atoms with Crippen LogP contribution in [0.5, 0.6) is 0 Å². The molecule has 1 fully saturated rings. The molecule has 1 aromatic rings. The Hall–Kier alpha value is -1.60. The summed E-state index contributed by atoms with van der Waals surface area (Å²) in [5, 5.41) is 1.99. The first kappa shape index (κ1) is 20.7. The SMILES string of the molecule is CCOC(=O)C1(C(CN)c2cccs2)CCN(C(=O)OC(C)(C)C)CC1. The van der Waals surface area contributed by atoms with Crippen LogP contribution < -0.4 is 5.73 Å². The standard InChI is InChI=1S/C19H30N2O4S/c1-5-24-16(22)19(14(13-20)15-7-6-12-26-15)8-10-21(11-9-19)17(23)25-18(2,3)4/h6-7,12,14H,5,8-11,13,20H2,1-4H3. The van der Waals surface area contributed by atoms with Crippen molar-refractivity contribution in [3.8, 4) is 0 Å². The molecule has 0 radical (unpaired) electrons. The van der Waals surface area contributed by atoms with Crippen molar-refractivity contribution in [1.82, 2.24) is 4.90 Å². The van der Waals surface area contributed by atoms with Crippen LogP contribution in [0.2, 0.25) is 0 Å². The maximum absolute atomic E-state index is 12.9. The van der Waals surface area contributed by atoms with Crippen LogP contribution in [0.1, 0.15) is 51.3 Å². The van der Waals surface area contributed by atoms with Crippen LogP contribution in [0.3, 0.4) is 0 Å². The van der Waals surface area contributed by atoms with Crippen LogP contribution in [0, 0.1) is 5.41 Å². The first-order valence-electron chi connectivity index (χ1n) is 9.12. The maximum atomic E-state index is 12.9. The van der Waals surface area contributed by atoms with Crippen molar-refractivity contribution < 1.29 is 19.1 Å². The molecule has 1 saturated heterocycles. The second-order valence-corrected chi connectivity index (χ2v) is 8.63. The van der Waals surface area contributed by atoms with E-state index in [0.717, 1.165) is 4.88 Å². The average Bonchev–Trinajstić information content (AvgIpc) is 3.08. The number of nitrogens with zero attached hydrogens (tertiary/aromatic N) is 1. The predicted octanol–water partition coefficient (Wildman–Crippen LogP) is 3.37. The lowest BCUT2D eigenvalue weighted by atomic mass is 9.68. The van der Waals surface area contributed by atoms with Crippen LogP contribution >= 0.6 is 11.3 Å². The zero-order chi connectivity index (χ0) is 19.4. The minimum atomic E-state index is -0.700. The number of nitrogens with two attached hydrogens (primary N) is 1. The summed E-state index contributed by atoms with van der Waals surface area (Å²) in [5.41, 5.74) is 4.85. The van der Waals surface area contributed by atoms with Gasteiger partial charge < -0.3 is 20.1 Å². The number of hydrogen-bond donors (Lipinski definition) is 1. The summed E-state index contributed by atoms with van der Waals surface area (Å²) in [5.74, 6) is -0.324. The highest BCUT2D eigenvalue weighted by Gasteiger charge is 2.50. The average molecular weight is 383 g/mol. The Morgan fingerprint density at radius 2 is 2.00 bits per heavy atom. The van der Waals surface area contributed by atoms with E-state index in [2.05, 4.69) is 0 Å². The second-order valence-electron chi connectivity index (χ2n) is 7.65. The molecule has 1 aliphatic heterocycles. The quantitative estimate of drug-likeness (QED) is 0.790. The molecule has 1 aliphatic rings. The fourth-order valence-electron chi connectivity index (χ4n) is 3.49. The molecule has 0 saturated carbocycles. The molecular weight excluding hydrogens is 352 g/mol. The lowest BCUT2D eigenvalue weighted by Crippen LogP contribution is -2.52. The predicted molar refractivity (Wildman–Crippen MR) is 102 cm³/mol. The number of rotatable bonds is 5. The van der Waals surface area contributed by atoms with Crippen molar-refractivity contribution in [3.05, 3.63) is 22.4 Å². The molecule has 7 heteroatoms. The summed E-state index contributed by atoms with van der Waals surface area (Å²) in [4.78, 5) is 28.0. The molecule has 2 rings (SSSR count). The van der Waals surface area contributed by atoms with E-state index in [9.17, 15) is 9.59 Å². The van der Waals surface area contributed by atoms with Gasteiger partial charge in [0, 0.05) is 30.4 Å². The lowest BCUT2D eigenvalue weighted by molar-refractivity contribution is -0.160. The number of ether oxygens (including phenoxy) is 2. The van der Waals surface area contributed by atoms with Crippen molar-refractivity contribution in [2.24, 2.45) is 11.1 Å². The van der Waals surface area contributed by atoms with Crippen LogP contribution in [0.15, 0.2) is 17.5 Å². The molecule has 1 aromatic heterocycles. The van der Waals surface area contributed by atoms with Crippen molar-refractivity contribution >= 4 is 23.4 Å². The van der Waals surface area contributed by atoms with E-state index in [0.29, 0.717) is 39.1 Å². The third kappa shape index (κ3) is 4.57. The third-order valence-corrected chi connectivity index (χ3v) is 5.76. The Kier molecular flexibility index (Phi) is 6.69. The van der Waals surface area contributed by atoms with E-state index in [4.69, 9.17) is 15.2 Å². The first-order valence-corrected chi connectivity index (χ1v) is 10.00. The van der Waals surface area contributed by atoms with Gasteiger partial charge in [-0.3, -0.25) is 4.79 Å². The molecule has 0 aliphatic carbocycles. The molecule has 1 unspecified atom stereocenters. The number of amides is 1. The largest absolute Gasteiger partial charge is 0.466 e. The minimum absolute atomic E-state index is 0.109. The monoisotopic (exact) mass is 382 g/mol. The van der Waals surface area contributed by atoms with Gasteiger partial charge in [-0.05, 0) is 52.0 Å². The van der Waals surface area contributed by atoms with Gasteiger partial charge in [0.15, 0.2) is 0 Å². The fourth-order valence-corrected chi connectivity index (χ4v) is 4.45. The number of esters is 1. The number of likely N-dealkylation sites (tertiary alicyclic amines) is 1. The molecule has 1 amide bonds. The van der Waals surface area contributed by atoms with Gasteiger partial charge in [-0.1, -0.05) is 6.07 Å². The summed E-state index contributed by atoms with van der Waals surface area (Å²) in [6, 6.07) is 3.99. The minimum Gasteiger partial charge on any atom is -0.466 e. The van der Waals surface area contributed by atoms with Crippen LogP contribution in [0.4, 0.5) is 4.79 Å². The number of carbonyl (C=O) groups excluding carboxylic acids is 2. The van der Waals surface area contributed by atoms with E-state index in [-0.39, 0.29) is 18.0 Å². The molecule has 2 N–H and O–H groups in total. The van der Waals surface area contributed by atoms with Crippen molar-refractivity contribution in [2.45, 2.75) is 52.1 Å². The number of hydrogen-bond acceptors (Lipinski definition) is 6. The van der Waals surface area contributed by atoms with Gasteiger partial charge in [0.25, 0.3) is 0 Å². The topological polar surface area (TPSA) is 81.9 Å². The van der Waals surface area contributed by atoms with Gasteiger partial charge in [-0.15, -0.1) is 11.3 Å². The van der Waals surface area contributed by atoms with E-state index in [1.807, 2.05) is 45.2 Å². The summed E-state index contributed by atoms with van der Waals surface area (Å²) in [6.45, 7) is 8.95. The van der Waals surface area contributed by atoms with E-state index >= 15 is 0 Å². The molecule has 0 bridgehead atoms. The van der Waals surface area contributed by atoms with Crippen LogP contribution in [-0.2, 0) is 14.3 Å². The second kappa shape index (κ2) is 8.39. The van der Waals surface area contributed by atoms with Crippen LogP contribution in [0.25, 0.3) is 0 Å². The Morgan fingerprint density at radius 1 is 1.35 bits per heavy atom. The molecule has 26 heavy (non-hydrogen) atoms. The van der Waals surface area contributed by atoms with Gasteiger partial charge in [0.1, 0.15) is 5.60 Å². The molecule has 6 nitrogen and oxygen atoms in total. The highest BCUT2D eigenvalue weighted by molar-refractivity contribution is 7.10. The van der Waals surface area contributed by atoms with E-state index in [1.54, 1.807) is 16.2 Å². The summed E-state index contributed by atoms with van der Waals surface area (Å²) in [6.07, 6.45) is 0.700. The molecule has 0 spiro atoms. The highest BCUT2D eigenvalue weighted by atomic mass is 32.1. The Labute approximate surface area is 159 Å². The van der Waals surface area contributed by atoms with Gasteiger partial charge >= 0.3 is 12.1 Å². The molecule has 146 valence electrons. The number of piperidine rings is 1. The number of thiophene rings is 1. The number of carbonyl (C=O) groups is 2. The molecule has 1 atom stereocenters. The molecule has 2 heterocycles. The summed E-state index contributed by atoms with van der Waals surface area (Å²) >= 11 is 1.61. The zero-order valence-corrected chi connectivity index (χ0v) is 16.9. The van der Waals surface area contributed by atoms with Gasteiger partial charge in [0.2, 0.25) is 0 Å². The third-order valence-electron chi connectivity index (χ3n) is 4.78. The normalized spacial score (nSPS) is 18.3. The molecular formula is C19H30N2O4S. The summed E-state index contributed by atoms with van der Waals surface area (Å²) in [7, 11) is 0. The van der Waals surface area contributed by atoms with Crippen LogP contribution in [-0.4, -0.2) is 48.8 Å². The smallest absolute Gasteiger partial charge is 0.410 e. The first-order chi connectivity index (χ1) is 12.2. The van der Waals surface area contributed by atoms with Gasteiger partial charge in [-0.2, -0.15) is 0 Å². The summed E-state index contributed by atoms with van der Waals surface area (Å²) < 4.78 is 10.9. The van der Waals surface area contributed by atoms with Gasteiger partial charge in [0.05, 0.1) is 12.0 Å². The lowest BCUT2D eigenvalue weighted by Gasteiger charge is -2.44. The van der Waals surface area contributed by atoms with Gasteiger partial charge in [-0.25, -0.2) is 4.79 Å². The molecule has 0 aromatic carbocycles. The van der Waals surface area contributed by atoms with Crippen molar-refractivity contribution in [1.29, 1.82) is 0 Å². The Balaban J connectivity index is 2.21. The maximum Gasteiger partial charge on any atom is 0.410 e. The Bertz CT molecular complexity index is 602. The Morgan fingerprint density at radius 3 is 2.46 bits per heavy atom. The highest BCUT2D eigenvalue weighted by Crippen LogP contribution is 2.46. The van der Waals surface area contributed by atoms with Crippen molar-refractivity contribution in [2.75, 3.05) is 26.2 Å². The fraction of sp³-hybridized carbons (Fsp3) is 0.684. The van der Waals surface area contributed by atoms with E-state index < -0.39 is 11.0 Å². The van der Waals surface area contributed by atoms with Crippen molar-refractivity contribution in [3.63, 3.8) is 0 Å².